The van der Waals surface area contributed by atoms with Crippen molar-refractivity contribution in [2.45, 2.75) is 50.7 Å². The van der Waals surface area contributed by atoms with E-state index in [9.17, 15) is 9.59 Å². The molecule has 1 saturated heterocycles. The van der Waals surface area contributed by atoms with Crippen LogP contribution in [0.1, 0.15) is 42.6 Å². The van der Waals surface area contributed by atoms with Gasteiger partial charge in [0.1, 0.15) is 5.76 Å². The van der Waals surface area contributed by atoms with Crippen LogP contribution in [-0.2, 0) is 29.1 Å². The Morgan fingerprint density at radius 3 is 2.80 bits per heavy atom. The van der Waals surface area contributed by atoms with Crippen LogP contribution in [0.4, 0.5) is 0 Å². The zero-order chi connectivity index (χ0) is 20.8. The van der Waals surface area contributed by atoms with E-state index >= 15 is 0 Å². The van der Waals surface area contributed by atoms with Gasteiger partial charge in [-0.3, -0.25) is 14.3 Å². The van der Waals surface area contributed by atoms with Gasteiger partial charge in [-0.2, -0.15) is 5.10 Å². The van der Waals surface area contributed by atoms with E-state index in [4.69, 9.17) is 4.42 Å². The second-order valence-electron chi connectivity index (χ2n) is 7.89. The largest absolute Gasteiger partial charge is 0.469 e. The van der Waals surface area contributed by atoms with Crippen LogP contribution in [0.25, 0.3) is 0 Å². The average molecular weight is 406 g/mol. The Morgan fingerprint density at radius 1 is 1.20 bits per heavy atom. The Bertz CT molecular complexity index is 981. The first-order chi connectivity index (χ1) is 14.6. The van der Waals surface area contributed by atoms with E-state index in [2.05, 4.69) is 27.9 Å². The molecule has 0 aliphatic carbocycles. The third-order valence-electron chi connectivity index (χ3n) is 5.52. The molecule has 1 aliphatic heterocycles. The topological polar surface area (TPSA) is 89.2 Å². The molecule has 4 rings (SSSR count). The Hall–Kier alpha value is -3.35. The Labute approximate surface area is 175 Å². The molecule has 0 unspecified atom stereocenters. The van der Waals surface area contributed by atoms with Gasteiger partial charge in [0.2, 0.25) is 11.8 Å². The average Bonchev–Trinajstić information content (AvgIpc) is 3.49. The monoisotopic (exact) mass is 406 g/mol. The molecule has 3 heterocycles. The molecule has 0 bridgehead atoms. The second-order valence-corrected chi connectivity index (χ2v) is 7.89. The number of furan rings is 1. The summed E-state index contributed by atoms with van der Waals surface area (Å²) in [7, 11) is 0. The van der Waals surface area contributed by atoms with E-state index in [-0.39, 0.29) is 11.8 Å². The third-order valence-corrected chi connectivity index (χ3v) is 5.52. The van der Waals surface area contributed by atoms with Crippen molar-refractivity contribution in [1.82, 2.24) is 20.4 Å². The molecular formula is C23H26N4O3. The highest BCUT2D eigenvalue weighted by Crippen LogP contribution is 2.29. The van der Waals surface area contributed by atoms with Gasteiger partial charge in [0.25, 0.3) is 0 Å². The maximum absolute atomic E-state index is 12.4. The fourth-order valence-electron chi connectivity index (χ4n) is 3.93. The van der Waals surface area contributed by atoms with Crippen molar-refractivity contribution in [3.63, 3.8) is 0 Å². The Morgan fingerprint density at radius 2 is 2.07 bits per heavy atom. The molecule has 1 fully saturated rings. The maximum Gasteiger partial charge on any atom is 0.220 e. The lowest BCUT2D eigenvalue weighted by Gasteiger charge is -2.28. The SMILES string of the molecule is O=C(CC[C@]1(Cc2ccco2)CCC(=O)N1)NCc1cnn(Cc2ccccc2)c1. The van der Waals surface area contributed by atoms with Gasteiger partial charge in [0, 0.05) is 43.1 Å². The van der Waals surface area contributed by atoms with Crippen LogP contribution in [0.2, 0.25) is 0 Å². The molecule has 1 atom stereocenters. The van der Waals surface area contributed by atoms with Crippen molar-refractivity contribution in [3.05, 3.63) is 78.0 Å². The van der Waals surface area contributed by atoms with Gasteiger partial charge in [-0.05, 0) is 30.5 Å². The number of rotatable bonds is 9. The summed E-state index contributed by atoms with van der Waals surface area (Å²) in [5.41, 5.74) is 1.72. The lowest BCUT2D eigenvalue weighted by atomic mass is 9.87. The predicted octanol–water partition coefficient (Wildman–Crippen LogP) is 2.81. The number of hydrogen-bond acceptors (Lipinski definition) is 4. The molecule has 2 amide bonds. The van der Waals surface area contributed by atoms with Crippen molar-refractivity contribution in [1.29, 1.82) is 0 Å². The number of amides is 2. The summed E-state index contributed by atoms with van der Waals surface area (Å²) >= 11 is 0. The maximum atomic E-state index is 12.4. The number of nitrogens with one attached hydrogen (secondary N) is 2. The normalized spacial score (nSPS) is 18.3. The molecule has 2 N–H and O–H groups in total. The fourth-order valence-corrected chi connectivity index (χ4v) is 3.93. The standard InChI is InChI=1S/C23H26N4O3/c28-21(8-10-23(11-9-22(29)26-23)13-20-7-4-12-30-20)24-14-19-15-25-27(17-19)16-18-5-2-1-3-6-18/h1-7,12,15,17H,8-11,13-14,16H2,(H,24,28)(H,26,29)/t23-/m1/s1. The first kappa shape index (κ1) is 19.9. The van der Waals surface area contributed by atoms with E-state index in [1.54, 1.807) is 12.5 Å². The summed E-state index contributed by atoms with van der Waals surface area (Å²) in [6, 6.07) is 13.9. The van der Waals surface area contributed by atoms with Crippen LogP contribution >= 0.6 is 0 Å². The summed E-state index contributed by atoms with van der Waals surface area (Å²) in [5, 5.41) is 10.4. The molecule has 30 heavy (non-hydrogen) atoms. The summed E-state index contributed by atoms with van der Waals surface area (Å²) in [5.74, 6) is 0.821. The molecule has 0 saturated carbocycles. The van der Waals surface area contributed by atoms with Crippen LogP contribution < -0.4 is 10.6 Å². The lowest BCUT2D eigenvalue weighted by molar-refractivity contribution is -0.122. The highest BCUT2D eigenvalue weighted by molar-refractivity contribution is 5.80. The summed E-state index contributed by atoms with van der Waals surface area (Å²) in [4.78, 5) is 24.2. The van der Waals surface area contributed by atoms with E-state index < -0.39 is 5.54 Å². The number of carbonyl (C=O) groups is 2. The van der Waals surface area contributed by atoms with Gasteiger partial charge in [-0.15, -0.1) is 0 Å². The van der Waals surface area contributed by atoms with Crippen molar-refractivity contribution in [2.24, 2.45) is 0 Å². The van der Waals surface area contributed by atoms with Gasteiger partial charge in [0.15, 0.2) is 0 Å². The minimum Gasteiger partial charge on any atom is -0.469 e. The number of aromatic nitrogens is 2. The molecule has 2 aromatic heterocycles. The number of hydrogen-bond donors (Lipinski definition) is 2. The number of carbonyl (C=O) groups excluding carboxylic acids is 2. The zero-order valence-electron chi connectivity index (χ0n) is 16.8. The van der Waals surface area contributed by atoms with Crippen LogP contribution in [-0.4, -0.2) is 27.1 Å². The van der Waals surface area contributed by atoms with Crippen molar-refractivity contribution in [2.75, 3.05) is 0 Å². The molecule has 156 valence electrons. The lowest BCUT2D eigenvalue weighted by Crippen LogP contribution is -2.44. The van der Waals surface area contributed by atoms with Gasteiger partial charge < -0.3 is 15.1 Å². The first-order valence-corrected chi connectivity index (χ1v) is 10.3. The van der Waals surface area contributed by atoms with Gasteiger partial charge in [0.05, 0.1) is 19.0 Å². The molecule has 7 heteroatoms. The molecule has 0 spiro atoms. The summed E-state index contributed by atoms with van der Waals surface area (Å²) in [6.45, 7) is 1.13. The fraction of sp³-hybridized carbons (Fsp3) is 0.348. The van der Waals surface area contributed by atoms with Crippen LogP contribution in [0.3, 0.4) is 0 Å². The smallest absolute Gasteiger partial charge is 0.220 e. The Kier molecular flexibility index (Phi) is 5.97. The highest BCUT2D eigenvalue weighted by Gasteiger charge is 2.38. The van der Waals surface area contributed by atoms with E-state index in [1.165, 1.54) is 5.56 Å². The van der Waals surface area contributed by atoms with Gasteiger partial charge in [-0.25, -0.2) is 0 Å². The number of nitrogens with zero attached hydrogens (tertiary/aromatic N) is 2. The first-order valence-electron chi connectivity index (χ1n) is 10.3. The molecule has 0 radical (unpaired) electrons. The van der Waals surface area contributed by atoms with Crippen molar-refractivity contribution in [3.8, 4) is 0 Å². The molecule has 1 aromatic carbocycles. The van der Waals surface area contributed by atoms with E-state index in [1.807, 2.05) is 41.2 Å². The molecule has 7 nitrogen and oxygen atoms in total. The van der Waals surface area contributed by atoms with E-state index in [0.717, 1.165) is 11.3 Å². The molecule has 1 aliphatic rings. The minimum absolute atomic E-state index is 0.0350. The van der Waals surface area contributed by atoms with Gasteiger partial charge >= 0.3 is 0 Å². The molecule has 3 aromatic rings. The van der Waals surface area contributed by atoms with Crippen LogP contribution in [0.15, 0.2) is 65.5 Å². The van der Waals surface area contributed by atoms with Crippen molar-refractivity contribution < 1.29 is 14.0 Å². The summed E-state index contributed by atoms with van der Waals surface area (Å²) < 4.78 is 7.32. The summed E-state index contributed by atoms with van der Waals surface area (Å²) in [6.07, 6.45) is 8.09. The number of benzene rings is 1. The molecular weight excluding hydrogens is 380 g/mol. The van der Waals surface area contributed by atoms with Crippen LogP contribution in [0, 0.1) is 0 Å². The van der Waals surface area contributed by atoms with Gasteiger partial charge in [-0.1, -0.05) is 30.3 Å². The third kappa shape index (κ3) is 5.17. The quantitative estimate of drug-likeness (QED) is 0.572. The second kappa shape index (κ2) is 8.98. The predicted molar refractivity (Wildman–Crippen MR) is 111 cm³/mol. The van der Waals surface area contributed by atoms with Crippen molar-refractivity contribution >= 4 is 11.8 Å². The minimum atomic E-state index is -0.410. The van der Waals surface area contributed by atoms with Crippen LogP contribution in [0.5, 0.6) is 0 Å². The highest BCUT2D eigenvalue weighted by atomic mass is 16.3. The zero-order valence-corrected chi connectivity index (χ0v) is 16.8. The Balaban J connectivity index is 1.27. The van der Waals surface area contributed by atoms with E-state index in [0.29, 0.717) is 45.2 Å².